The summed E-state index contributed by atoms with van der Waals surface area (Å²) in [7, 11) is 1.67. The molecule has 164 valence electrons. The first-order valence-corrected chi connectivity index (χ1v) is 10.4. The predicted octanol–water partition coefficient (Wildman–Crippen LogP) is 3.52. The fraction of sp³-hybridized carbons (Fsp3) is 0.0870. The fourth-order valence-corrected chi connectivity index (χ4v) is 3.83. The molecule has 8 nitrogen and oxygen atoms in total. The van der Waals surface area contributed by atoms with E-state index in [0.29, 0.717) is 28.4 Å². The van der Waals surface area contributed by atoms with E-state index in [1.54, 1.807) is 19.3 Å². The second-order valence-electron chi connectivity index (χ2n) is 7.45. The normalized spacial score (nSPS) is 11.2. The van der Waals surface area contributed by atoms with E-state index < -0.39 is 5.82 Å². The van der Waals surface area contributed by atoms with E-state index in [0.717, 1.165) is 17.3 Å². The van der Waals surface area contributed by atoms with Crippen LogP contribution in [0, 0.1) is 5.82 Å². The van der Waals surface area contributed by atoms with E-state index in [2.05, 4.69) is 15.1 Å². The van der Waals surface area contributed by atoms with Crippen molar-refractivity contribution in [2.75, 3.05) is 5.73 Å². The average Bonchev–Trinajstić information content (AvgIpc) is 3.22. The quantitative estimate of drug-likeness (QED) is 0.439. The Bertz CT molecular complexity index is 1560. The maximum atomic E-state index is 13.4. The van der Waals surface area contributed by atoms with Crippen LogP contribution in [0.5, 0.6) is 0 Å². The van der Waals surface area contributed by atoms with Gasteiger partial charge in [-0.2, -0.15) is 4.52 Å². The summed E-state index contributed by atoms with van der Waals surface area (Å²) in [5, 5.41) is 4.67. The van der Waals surface area contributed by atoms with Crippen molar-refractivity contribution in [3.8, 4) is 22.4 Å². The lowest BCUT2D eigenvalue weighted by molar-refractivity contribution is 0.619. The van der Waals surface area contributed by atoms with E-state index >= 15 is 0 Å². The summed E-state index contributed by atoms with van der Waals surface area (Å²) in [6, 6.07) is 13.9. The van der Waals surface area contributed by atoms with Crippen molar-refractivity contribution in [2.45, 2.75) is 6.42 Å². The van der Waals surface area contributed by atoms with E-state index in [1.807, 2.05) is 30.3 Å². The van der Waals surface area contributed by atoms with Gasteiger partial charge in [0, 0.05) is 30.4 Å². The minimum atomic E-state index is -0.523. The molecular weight excluding hydrogens is 445 g/mol. The summed E-state index contributed by atoms with van der Waals surface area (Å²) in [6.45, 7) is 0. The highest BCUT2D eigenvalue weighted by Crippen LogP contribution is 2.34. The molecule has 0 amide bonds. The standard InChI is InChI=1S/C23H17ClFN7O/c1-31-12-14(7-8-19(31)33)20-21(13-5-3-2-4-6-13)29-23(26)32-22(20)28-18(30-32)10-17-16(24)9-15(25)11-27-17/h2-9,11-12H,10H2,1H3,(H2,26,29). The Labute approximate surface area is 192 Å². The smallest absolute Gasteiger partial charge is 0.250 e. The first-order valence-electron chi connectivity index (χ1n) is 9.98. The molecule has 2 N–H and O–H groups in total. The Morgan fingerprint density at radius 2 is 1.88 bits per heavy atom. The Kier molecular flexibility index (Phi) is 5.10. The molecule has 4 heterocycles. The van der Waals surface area contributed by atoms with Gasteiger partial charge in [-0.1, -0.05) is 41.9 Å². The van der Waals surface area contributed by atoms with Crippen LogP contribution in [-0.2, 0) is 13.5 Å². The topological polar surface area (TPSA) is 104 Å². The number of nitrogens with zero attached hydrogens (tertiary/aromatic N) is 6. The third kappa shape index (κ3) is 3.83. The van der Waals surface area contributed by atoms with Crippen LogP contribution in [0.25, 0.3) is 28.0 Å². The maximum absolute atomic E-state index is 13.4. The number of aryl methyl sites for hydroxylation is 1. The summed E-state index contributed by atoms with van der Waals surface area (Å²) in [5.41, 5.74) is 9.86. The van der Waals surface area contributed by atoms with Crippen LogP contribution in [-0.4, -0.2) is 29.1 Å². The minimum absolute atomic E-state index is 0.140. The molecule has 0 fully saturated rings. The molecule has 5 aromatic rings. The lowest BCUT2D eigenvalue weighted by atomic mass is 10.0. The number of benzene rings is 1. The largest absolute Gasteiger partial charge is 0.368 e. The maximum Gasteiger partial charge on any atom is 0.250 e. The van der Waals surface area contributed by atoms with Gasteiger partial charge in [0.15, 0.2) is 11.5 Å². The fourth-order valence-electron chi connectivity index (χ4n) is 3.61. The van der Waals surface area contributed by atoms with Crippen LogP contribution >= 0.6 is 11.6 Å². The third-order valence-electron chi connectivity index (χ3n) is 5.19. The molecule has 0 saturated carbocycles. The average molecular weight is 462 g/mol. The molecule has 1 aromatic carbocycles. The van der Waals surface area contributed by atoms with Gasteiger partial charge in [-0.15, -0.1) is 5.10 Å². The van der Waals surface area contributed by atoms with Gasteiger partial charge in [0.2, 0.25) is 11.5 Å². The molecule has 0 aliphatic rings. The van der Waals surface area contributed by atoms with Crippen LogP contribution in [0.1, 0.15) is 11.5 Å². The Hall–Kier alpha value is -4.11. The van der Waals surface area contributed by atoms with Crippen molar-refractivity contribution < 1.29 is 4.39 Å². The number of halogens is 2. The van der Waals surface area contributed by atoms with Crippen LogP contribution in [0.2, 0.25) is 5.02 Å². The van der Waals surface area contributed by atoms with Gasteiger partial charge in [-0.25, -0.2) is 14.4 Å². The molecule has 0 spiro atoms. The number of fused-ring (bicyclic) bond motifs is 1. The number of hydrogen-bond donors (Lipinski definition) is 1. The first-order chi connectivity index (χ1) is 15.9. The van der Waals surface area contributed by atoms with Gasteiger partial charge in [0.1, 0.15) is 5.82 Å². The molecular formula is C23H17ClFN7O. The number of rotatable bonds is 4. The molecule has 0 atom stereocenters. The molecule has 33 heavy (non-hydrogen) atoms. The number of hydrogen-bond acceptors (Lipinski definition) is 6. The molecule has 0 saturated heterocycles. The van der Waals surface area contributed by atoms with Gasteiger partial charge in [-0.05, 0) is 12.1 Å². The molecule has 10 heteroatoms. The van der Waals surface area contributed by atoms with Crippen molar-refractivity contribution in [1.82, 2.24) is 29.1 Å². The van der Waals surface area contributed by atoms with Crippen molar-refractivity contribution in [2.24, 2.45) is 7.05 Å². The van der Waals surface area contributed by atoms with E-state index in [-0.39, 0.29) is 23.0 Å². The molecule has 0 aliphatic carbocycles. The van der Waals surface area contributed by atoms with Crippen molar-refractivity contribution in [3.63, 3.8) is 0 Å². The van der Waals surface area contributed by atoms with Crippen LogP contribution in [0.4, 0.5) is 10.3 Å². The molecule has 0 unspecified atom stereocenters. The third-order valence-corrected chi connectivity index (χ3v) is 5.51. The summed E-state index contributed by atoms with van der Waals surface area (Å²) in [4.78, 5) is 25.3. The molecule has 0 radical (unpaired) electrons. The number of nitrogens with two attached hydrogens (primary N) is 1. The Balaban J connectivity index is 1.75. The van der Waals surface area contributed by atoms with E-state index in [1.165, 1.54) is 21.2 Å². The second kappa shape index (κ2) is 8.10. The van der Waals surface area contributed by atoms with Gasteiger partial charge < -0.3 is 10.3 Å². The van der Waals surface area contributed by atoms with E-state index in [9.17, 15) is 9.18 Å². The Morgan fingerprint density at radius 1 is 1.09 bits per heavy atom. The van der Waals surface area contributed by atoms with Gasteiger partial charge >= 0.3 is 0 Å². The van der Waals surface area contributed by atoms with Gasteiger partial charge in [0.05, 0.1) is 34.6 Å². The SMILES string of the molecule is Cn1cc(-c2c(-c3ccccc3)nc(N)n3nc(Cc4ncc(F)cc4Cl)nc23)ccc1=O. The van der Waals surface area contributed by atoms with Crippen molar-refractivity contribution >= 4 is 23.2 Å². The number of aromatic nitrogens is 6. The summed E-state index contributed by atoms with van der Waals surface area (Å²) < 4.78 is 16.3. The van der Waals surface area contributed by atoms with Crippen LogP contribution in [0.3, 0.4) is 0 Å². The summed E-state index contributed by atoms with van der Waals surface area (Å²) >= 11 is 6.14. The summed E-state index contributed by atoms with van der Waals surface area (Å²) in [6.07, 6.45) is 2.98. The summed E-state index contributed by atoms with van der Waals surface area (Å²) in [5.74, 6) is 0.0137. The van der Waals surface area contributed by atoms with Gasteiger partial charge in [-0.3, -0.25) is 9.78 Å². The molecule has 0 bridgehead atoms. The van der Waals surface area contributed by atoms with E-state index in [4.69, 9.17) is 22.3 Å². The first kappa shape index (κ1) is 20.8. The number of pyridine rings is 2. The molecule has 5 rings (SSSR count). The second-order valence-corrected chi connectivity index (χ2v) is 7.86. The highest BCUT2D eigenvalue weighted by molar-refractivity contribution is 6.31. The highest BCUT2D eigenvalue weighted by Gasteiger charge is 2.21. The van der Waals surface area contributed by atoms with Crippen LogP contribution < -0.4 is 11.3 Å². The van der Waals surface area contributed by atoms with Gasteiger partial charge in [0.25, 0.3) is 0 Å². The lowest BCUT2D eigenvalue weighted by Gasteiger charge is -2.12. The zero-order chi connectivity index (χ0) is 23.1. The zero-order valence-electron chi connectivity index (χ0n) is 17.4. The van der Waals surface area contributed by atoms with Crippen molar-refractivity contribution in [1.29, 1.82) is 0 Å². The Morgan fingerprint density at radius 3 is 2.61 bits per heavy atom. The van der Waals surface area contributed by atoms with Crippen LogP contribution in [0.15, 0.2) is 65.7 Å². The zero-order valence-corrected chi connectivity index (χ0v) is 18.2. The van der Waals surface area contributed by atoms with Crippen molar-refractivity contribution in [3.05, 3.63) is 93.6 Å². The number of anilines is 1. The highest BCUT2D eigenvalue weighted by atomic mass is 35.5. The monoisotopic (exact) mass is 461 g/mol. The predicted molar refractivity (Wildman–Crippen MR) is 123 cm³/mol. The number of nitrogen functional groups attached to an aromatic ring is 1. The molecule has 0 aliphatic heterocycles. The minimum Gasteiger partial charge on any atom is -0.368 e. The molecule has 4 aromatic heterocycles. The lowest BCUT2D eigenvalue weighted by Crippen LogP contribution is -2.14.